The minimum absolute atomic E-state index is 0.329. The van der Waals surface area contributed by atoms with Crippen molar-refractivity contribution in [3.63, 3.8) is 0 Å². The average Bonchev–Trinajstić information content (AvgIpc) is 3.19. The normalized spacial score (nSPS) is 22.2. The summed E-state index contributed by atoms with van der Waals surface area (Å²) >= 11 is 7.28. The van der Waals surface area contributed by atoms with E-state index in [0.717, 1.165) is 48.2 Å². The molecule has 2 aromatic heterocycles. The van der Waals surface area contributed by atoms with Crippen LogP contribution in [-0.4, -0.2) is 36.3 Å². The molecule has 0 unspecified atom stereocenters. The van der Waals surface area contributed by atoms with Gasteiger partial charge in [-0.3, -0.25) is 14.5 Å². The Labute approximate surface area is 211 Å². The Bertz CT molecular complexity index is 1240. The molecule has 184 valence electrons. The van der Waals surface area contributed by atoms with Gasteiger partial charge >= 0.3 is 6.09 Å². The Morgan fingerprint density at radius 1 is 1.14 bits per heavy atom. The number of aryl methyl sites for hydroxylation is 1. The number of amides is 1. The molecule has 0 spiro atoms. The van der Waals surface area contributed by atoms with Crippen LogP contribution in [0, 0.1) is 6.92 Å². The Morgan fingerprint density at radius 3 is 2.63 bits per heavy atom. The standard InChI is InChI=1S/C27H32ClN5O2/c1-18-6-5-7-22(30-18)19-10-12-27(28,13-11-19)21-8-9-23-20(14-21)15-32(25(34)35-26(2,3)4)16-24-31-29-17-33(23)24/h5-9,14,17,19H,10-13,15-16H2,1-4H3. The number of fused-ring (bicyclic) bond motifs is 3. The van der Waals surface area contributed by atoms with Crippen LogP contribution in [0.4, 0.5) is 4.79 Å². The fraction of sp³-hybridized carbons (Fsp3) is 0.481. The van der Waals surface area contributed by atoms with Crippen molar-refractivity contribution in [1.29, 1.82) is 0 Å². The summed E-state index contributed by atoms with van der Waals surface area (Å²) < 4.78 is 7.61. The number of alkyl halides is 1. The highest BCUT2D eigenvalue weighted by molar-refractivity contribution is 6.24. The SMILES string of the molecule is Cc1cccc(C2CCC(Cl)(c3ccc4c(c3)CN(C(=O)OC(C)(C)C)Cc3nncn3-4)CC2)n1. The van der Waals surface area contributed by atoms with Gasteiger partial charge in [0.15, 0.2) is 5.82 Å². The van der Waals surface area contributed by atoms with Crippen molar-refractivity contribution >= 4 is 17.7 Å². The third kappa shape index (κ3) is 4.92. The lowest BCUT2D eigenvalue weighted by Gasteiger charge is -2.36. The Hall–Kier alpha value is -2.93. The topological polar surface area (TPSA) is 73.1 Å². The minimum Gasteiger partial charge on any atom is -0.444 e. The summed E-state index contributed by atoms with van der Waals surface area (Å²) in [6.07, 6.45) is 5.08. The molecule has 5 rings (SSSR count). The fourth-order valence-electron chi connectivity index (χ4n) is 5.13. The van der Waals surface area contributed by atoms with Crippen LogP contribution in [0.2, 0.25) is 0 Å². The second kappa shape index (κ2) is 8.94. The highest BCUT2D eigenvalue weighted by Crippen LogP contribution is 2.48. The molecule has 2 aliphatic rings. The number of halogens is 1. The molecule has 1 aliphatic carbocycles. The summed E-state index contributed by atoms with van der Waals surface area (Å²) in [6.45, 7) is 8.40. The fourth-order valence-corrected chi connectivity index (χ4v) is 5.47. The number of nitrogens with zero attached hydrogens (tertiary/aromatic N) is 5. The molecule has 35 heavy (non-hydrogen) atoms. The first-order valence-corrected chi connectivity index (χ1v) is 12.6. The van der Waals surface area contributed by atoms with Gasteiger partial charge in [0.2, 0.25) is 0 Å². The molecule has 0 radical (unpaired) electrons. The quantitative estimate of drug-likeness (QED) is 0.408. The number of carbonyl (C=O) groups is 1. The van der Waals surface area contributed by atoms with E-state index in [9.17, 15) is 4.79 Å². The van der Waals surface area contributed by atoms with E-state index in [1.54, 1.807) is 11.2 Å². The van der Waals surface area contributed by atoms with E-state index in [2.05, 4.69) is 40.5 Å². The Balaban J connectivity index is 1.41. The van der Waals surface area contributed by atoms with E-state index < -0.39 is 10.5 Å². The summed E-state index contributed by atoms with van der Waals surface area (Å²) in [6, 6.07) is 12.6. The van der Waals surface area contributed by atoms with Gasteiger partial charge in [0.25, 0.3) is 0 Å². The molecule has 3 heterocycles. The van der Waals surface area contributed by atoms with E-state index in [-0.39, 0.29) is 6.09 Å². The molecular formula is C27H32ClN5O2. The van der Waals surface area contributed by atoms with Gasteiger partial charge in [0.1, 0.15) is 11.9 Å². The molecule has 1 saturated carbocycles. The third-order valence-electron chi connectivity index (χ3n) is 6.93. The van der Waals surface area contributed by atoms with Gasteiger partial charge in [-0.1, -0.05) is 18.2 Å². The summed E-state index contributed by atoms with van der Waals surface area (Å²) in [5, 5.41) is 8.33. The first kappa shape index (κ1) is 23.8. The molecule has 0 bridgehead atoms. The van der Waals surface area contributed by atoms with Gasteiger partial charge in [-0.05, 0) is 82.7 Å². The smallest absolute Gasteiger partial charge is 0.411 e. The molecule has 1 amide bonds. The highest BCUT2D eigenvalue weighted by atomic mass is 35.5. The lowest BCUT2D eigenvalue weighted by Crippen LogP contribution is -2.36. The molecule has 0 saturated heterocycles. The maximum atomic E-state index is 13.0. The zero-order valence-electron chi connectivity index (χ0n) is 20.8. The lowest BCUT2D eigenvalue weighted by molar-refractivity contribution is 0.0214. The summed E-state index contributed by atoms with van der Waals surface area (Å²) in [5.74, 6) is 1.14. The number of aromatic nitrogens is 4. The number of benzene rings is 1. The first-order valence-electron chi connectivity index (χ1n) is 12.2. The predicted octanol–water partition coefficient (Wildman–Crippen LogP) is 6.01. The van der Waals surface area contributed by atoms with Crippen molar-refractivity contribution in [3.8, 4) is 5.69 Å². The van der Waals surface area contributed by atoms with Gasteiger partial charge in [-0.15, -0.1) is 21.8 Å². The number of ether oxygens (including phenoxy) is 1. The molecule has 1 fully saturated rings. The second-order valence-corrected chi connectivity index (χ2v) is 11.5. The largest absolute Gasteiger partial charge is 0.444 e. The summed E-state index contributed by atoms with van der Waals surface area (Å²) in [4.78, 5) is 19.0. The van der Waals surface area contributed by atoms with Gasteiger partial charge in [-0.25, -0.2) is 4.79 Å². The van der Waals surface area contributed by atoms with E-state index in [0.29, 0.717) is 24.8 Å². The van der Waals surface area contributed by atoms with Gasteiger partial charge in [0.05, 0.1) is 23.7 Å². The van der Waals surface area contributed by atoms with E-state index in [1.165, 1.54) is 5.69 Å². The second-order valence-electron chi connectivity index (χ2n) is 10.7. The summed E-state index contributed by atoms with van der Waals surface area (Å²) in [7, 11) is 0. The number of hydrogen-bond acceptors (Lipinski definition) is 5. The van der Waals surface area contributed by atoms with Crippen molar-refractivity contribution in [1.82, 2.24) is 24.6 Å². The number of pyridine rings is 1. The highest BCUT2D eigenvalue weighted by Gasteiger charge is 2.37. The molecular weight excluding hydrogens is 462 g/mol. The van der Waals surface area contributed by atoms with Crippen LogP contribution in [0.5, 0.6) is 0 Å². The zero-order chi connectivity index (χ0) is 24.8. The van der Waals surface area contributed by atoms with Crippen LogP contribution in [-0.2, 0) is 22.7 Å². The minimum atomic E-state index is -0.577. The van der Waals surface area contributed by atoms with Crippen LogP contribution in [0.15, 0.2) is 42.7 Å². The van der Waals surface area contributed by atoms with Crippen molar-refractivity contribution < 1.29 is 9.53 Å². The van der Waals surface area contributed by atoms with Crippen molar-refractivity contribution in [2.75, 3.05) is 0 Å². The van der Waals surface area contributed by atoms with Crippen LogP contribution in [0.25, 0.3) is 5.69 Å². The molecule has 0 atom stereocenters. The maximum absolute atomic E-state index is 13.0. The van der Waals surface area contributed by atoms with Crippen molar-refractivity contribution in [3.05, 3.63) is 71.1 Å². The third-order valence-corrected chi connectivity index (χ3v) is 7.52. The van der Waals surface area contributed by atoms with Gasteiger partial charge < -0.3 is 4.74 Å². The summed E-state index contributed by atoms with van der Waals surface area (Å²) in [5.41, 5.74) is 4.71. The number of carbonyl (C=O) groups excluding carboxylic acids is 1. The van der Waals surface area contributed by atoms with Crippen LogP contribution < -0.4 is 0 Å². The first-order chi connectivity index (χ1) is 16.6. The Morgan fingerprint density at radius 2 is 1.91 bits per heavy atom. The van der Waals surface area contributed by atoms with E-state index in [1.807, 2.05) is 38.3 Å². The molecule has 1 aromatic carbocycles. The molecule has 7 nitrogen and oxygen atoms in total. The van der Waals surface area contributed by atoms with Gasteiger partial charge in [-0.2, -0.15) is 0 Å². The Kier molecular flexibility index (Phi) is 6.08. The van der Waals surface area contributed by atoms with Crippen LogP contribution in [0.3, 0.4) is 0 Å². The zero-order valence-corrected chi connectivity index (χ0v) is 21.5. The monoisotopic (exact) mass is 493 g/mol. The van der Waals surface area contributed by atoms with Crippen molar-refractivity contribution in [2.45, 2.75) is 82.9 Å². The average molecular weight is 494 g/mol. The van der Waals surface area contributed by atoms with Crippen molar-refractivity contribution in [2.24, 2.45) is 0 Å². The molecule has 0 N–H and O–H groups in total. The van der Waals surface area contributed by atoms with E-state index in [4.69, 9.17) is 21.3 Å². The molecule has 1 aliphatic heterocycles. The maximum Gasteiger partial charge on any atom is 0.411 e. The molecule has 8 heteroatoms. The number of hydrogen-bond donors (Lipinski definition) is 0. The number of rotatable bonds is 2. The molecule has 3 aromatic rings. The van der Waals surface area contributed by atoms with E-state index >= 15 is 0 Å². The predicted molar refractivity (Wildman–Crippen MR) is 135 cm³/mol. The lowest BCUT2D eigenvalue weighted by atomic mass is 9.76. The van der Waals surface area contributed by atoms with Crippen LogP contribution in [0.1, 0.15) is 80.7 Å². The van der Waals surface area contributed by atoms with Crippen LogP contribution >= 0.6 is 11.6 Å². The van der Waals surface area contributed by atoms with Gasteiger partial charge in [0, 0.05) is 17.3 Å².